The van der Waals surface area contributed by atoms with Gasteiger partial charge in [-0.15, -0.1) is 0 Å². The van der Waals surface area contributed by atoms with Crippen molar-refractivity contribution >= 4 is 44.0 Å². The van der Waals surface area contributed by atoms with E-state index < -0.39 is 0 Å². The molecule has 2 heteroatoms. The van der Waals surface area contributed by atoms with Crippen LogP contribution in [-0.4, -0.2) is 9.13 Å². The largest absolute Gasteiger partial charge is 0.313 e. The summed E-state index contributed by atoms with van der Waals surface area (Å²) in [6.07, 6.45) is 9.46. The van der Waals surface area contributed by atoms with Gasteiger partial charge in [0, 0.05) is 33.0 Å². The van der Waals surface area contributed by atoms with Gasteiger partial charge in [-0.05, 0) is 66.8 Å². The molecule has 0 aliphatic rings. The standard InChI is InChI=1S/C44H40N2/c1-5-19-35-37-29-44-38(30-43(37)45(39(35)8-4)40(20-6-2)33(7-3)31-21-11-9-12-22-31)36-26-16-18-28-42(36)46(44)41-27-17-15-25-34(41)32-23-13-10-14-24-32/h6-7,9-18,20-30H,3,5,8,19H2,1-2,4H3/b20-6-,40-33-. The minimum absolute atomic E-state index is 0.937. The van der Waals surface area contributed by atoms with E-state index in [0.717, 1.165) is 30.5 Å². The lowest BCUT2D eigenvalue weighted by Gasteiger charge is -2.17. The molecule has 0 saturated carbocycles. The maximum atomic E-state index is 4.30. The van der Waals surface area contributed by atoms with Gasteiger partial charge in [0.25, 0.3) is 0 Å². The SMILES string of the molecule is C=C/C(=C(\C=C/C)n1c(CC)c(CCC)c2cc3c(cc21)c1ccccc1n3-c1ccccc1-c1ccccc1)c1ccccc1. The van der Waals surface area contributed by atoms with Crippen LogP contribution in [-0.2, 0) is 12.8 Å². The Bertz CT molecular complexity index is 2260. The number of benzene rings is 5. The Morgan fingerprint density at radius 1 is 0.696 bits per heavy atom. The quantitative estimate of drug-likeness (QED) is 0.147. The van der Waals surface area contributed by atoms with E-state index >= 15 is 0 Å². The average Bonchev–Trinajstić information content (AvgIpc) is 3.59. The third-order valence-electron chi connectivity index (χ3n) is 9.17. The molecule has 0 amide bonds. The van der Waals surface area contributed by atoms with Gasteiger partial charge in [0.05, 0.1) is 27.9 Å². The first-order valence-electron chi connectivity index (χ1n) is 16.5. The van der Waals surface area contributed by atoms with Crippen LogP contribution in [0.5, 0.6) is 0 Å². The molecule has 0 aliphatic heterocycles. The van der Waals surface area contributed by atoms with Crippen LogP contribution in [0.15, 0.2) is 146 Å². The lowest BCUT2D eigenvalue weighted by molar-refractivity contribution is 0.880. The van der Waals surface area contributed by atoms with Crippen molar-refractivity contribution < 1.29 is 0 Å². The van der Waals surface area contributed by atoms with E-state index in [9.17, 15) is 0 Å². The van der Waals surface area contributed by atoms with Crippen molar-refractivity contribution in [1.82, 2.24) is 9.13 Å². The van der Waals surface area contributed by atoms with E-state index in [1.165, 1.54) is 66.3 Å². The lowest BCUT2D eigenvalue weighted by Crippen LogP contribution is -2.04. The summed E-state index contributed by atoms with van der Waals surface area (Å²) in [5.74, 6) is 0. The predicted octanol–water partition coefficient (Wildman–Crippen LogP) is 12.1. The van der Waals surface area contributed by atoms with Gasteiger partial charge in [-0.2, -0.15) is 0 Å². The second kappa shape index (κ2) is 12.6. The molecule has 0 radical (unpaired) electrons. The average molecular weight is 597 g/mol. The number of fused-ring (bicyclic) bond motifs is 4. The molecule has 0 aliphatic carbocycles. The second-order valence-corrected chi connectivity index (χ2v) is 11.9. The lowest BCUT2D eigenvalue weighted by atomic mass is 10.0. The summed E-state index contributed by atoms with van der Waals surface area (Å²) in [4.78, 5) is 0. The Morgan fingerprint density at radius 3 is 2.09 bits per heavy atom. The zero-order valence-electron chi connectivity index (χ0n) is 27.0. The van der Waals surface area contributed by atoms with Crippen molar-refractivity contribution in [1.29, 1.82) is 0 Å². The number of allylic oxidation sites excluding steroid dienone is 5. The van der Waals surface area contributed by atoms with Gasteiger partial charge < -0.3 is 9.13 Å². The molecular weight excluding hydrogens is 556 g/mol. The van der Waals surface area contributed by atoms with Crippen LogP contribution in [0.25, 0.3) is 60.8 Å². The van der Waals surface area contributed by atoms with Gasteiger partial charge in [0.1, 0.15) is 0 Å². The highest BCUT2D eigenvalue weighted by Crippen LogP contribution is 2.42. The van der Waals surface area contributed by atoms with Crippen molar-refractivity contribution in [3.05, 3.63) is 163 Å². The van der Waals surface area contributed by atoms with Crippen LogP contribution >= 0.6 is 0 Å². The third kappa shape index (κ3) is 4.82. The minimum atomic E-state index is 0.937. The molecule has 0 atom stereocenters. The Morgan fingerprint density at radius 2 is 1.37 bits per heavy atom. The van der Waals surface area contributed by atoms with Crippen molar-refractivity contribution in [3.8, 4) is 16.8 Å². The number of aromatic nitrogens is 2. The molecule has 7 rings (SSSR count). The number of para-hydroxylation sites is 2. The molecule has 0 bridgehead atoms. The van der Waals surface area contributed by atoms with Crippen LogP contribution in [0.2, 0.25) is 0 Å². The summed E-state index contributed by atoms with van der Waals surface area (Å²) in [5, 5.41) is 3.84. The first-order valence-corrected chi connectivity index (χ1v) is 16.5. The maximum Gasteiger partial charge on any atom is 0.0548 e. The van der Waals surface area contributed by atoms with Crippen molar-refractivity contribution in [2.75, 3.05) is 0 Å². The molecule has 2 nitrogen and oxygen atoms in total. The molecule has 0 unspecified atom stereocenters. The van der Waals surface area contributed by atoms with Gasteiger partial charge in [0.15, 0.2) is 0 Å². The predicted molar refractivity (Wildman–Crippen MR) is 200 cm³/mol. The van der Waals surface area contributed by atoms with E-state index in [0.29, 0.717) is 0 Å². The molecule has 7 aromatic rings. The van der Waals surface area contributed by atoms with E-state index in [2.05, 4.69) is 170 Å². The molecule has 226 valence electrons. The highest BCUT2D eigenvalue weighted by atomic mass is 15.0. The van der Waals surface area contributed by atoms with Gasteiger partial charge in [0.2, 0.25) is 0 Å². The Hall–Kier alpha value is -5.34. The summed E-state index contributed by atoms with van der Waals surface area (Å²) in [6.45, 7) is 11.0. The summed E-state index contributed by atoms with van der Waals surface area (Å²) in [5.41, 5.74) is 13.6. The topological polar surface area (TPSA) is 9.86 Å². The highest BCUT2D eigenvalue weighted by molar-refractivity contribution is 6.15. The summed E-state index contributed by atoms with van der Waals surface area (Å²) in [7, 11) is 0. The van der Waals surface area contributed by atoms with Crippen LogP contribution in [0, 0.1) is 0 Å². The summed E-state index contributed by atoms with van der Waals surface area (Å²) >= 11 is 0. The van der Waals surface area contributed by atoms with E-state index in [-0.39, 0.29) is 0 Å². The Balaban J connectivity index is 1.63. The fourth-order valence-corrected chi connectivity index (χ4v) is 7.26. The van der Waals surface area contributed by atoms with Crippen molar-refractivity contribution in [2.24, 2.45) is 0 Å². The number of hydrogen-bond donors (Lipinski definition) is 0. The molecule has 0 N–H and O–H groups in total. The summed E-state index contributed by atoms with van der Waals surface area (Å²) < 4.78 is 5.00. The van der Waals surface area contributed by atoms with Gasteiger partial charge in [-0.3, -0.25) is 0 Å². The first-order chi connectivity index (χ1) is 22.7. The summed E-state index contributed by atoms with van der Waals surface area (Å²) in [6, 6.07) is 44.0. The second-order valence-electron chi connectivity index (χ2n) is 11.9. The fraction of sp³-hybridized carbons (Fsp3) is 0.136. The normalized spacial score (nSPS) is 12.4. The molecule has 2 heterocycles. The Kier molecular flexibility index (Phi) is 8.03. The van der Waals surface area contributed by atoms with Gasteiger partial charge in [-0.25, -0.2) is 0 Å². The van der Waals surface area contributed by atoms with Crippen molar-refractivity contribution in [3.63, 3.8) is 0 Å². The number of hydrogen-bond acceptors (Lipinski definition) is 0. The number of aryl methyl sites for hydroxylation is 1. The Labute approximate surface area is 272 Å². The van der Waals surface area contributed by atoms with Gasteiger partial charge >= 0.3 is 0 Å². The van der Waals surface area contributed by atoms with Crippen LogP contribution < -0.4 is 0 Å². The van der Waals surface area contributed by atoms with Crippen LogP contribution in [0.3, 0.4) is 0 Å². The monoisotopic (exact) mass is 596 g/mol. The number of nitrogens with zero attached hydrogens (tertiary/aromatic N) is 2. The zero-order valence-corrected chi connectivity index (χ0v) is 27.0. The van der Waals surface area contributed by atoms with E-state index in [1.807, 2.05) is 6.08 Å². The highest BCUT2D eigenvalue weighted by Gasteiger charge is 2.23. The van der Waals surface area contributed by atoms with E-state index in [1.54, 1.807) is 0 Å². The molecule has 0 fully saturated rings. The maximum absolute atomic E-state index is 4.30. The molecular formula is C44H40N2. The smallest absolute Gasteiger partial charge is 0.0548 e. The molecule has 0 saturated heterocycles. The number of rotatable bonds is 9. The zero-order chi connectivity index (χ0) is 31.6. The molecule has 0 spiro atoms. The van der Waals surface area contributed by atoms with E-state index in [4.69, 9.17) is 0 Å². The molecule has 2 aromatic heterocycles. The third-order valence-corrected chi connectivity index (χ3v) is 9.17. The molecule has 5 aromatic carbocycles. The van der Waals surface area contributed by atoms with Crippen LogP contribution in [0.4, 0.5) is 0 Å². The fourth-order valence-electron chi connectivity index (χ4n) is 7.26. The van der Waals surface area contributed by atoms with Gasteiger partial charge in [-0.1, -0.05) is 136 Å². The van der Waals surface area contributed by atoms with Crippen molar-refractivity contribution in [2.45, 2.75) is 40.0 Å². The first kappa shape index (κ1) is 29.4. The minimum Gasteiger partial charge on any atom is -0.313 e. The van der Waals surface area contributed by atoms with Crippen LogP contribution in [0.1, 0.15) is 44.0 Å². The molecule has 46 heavy (non-hydrogen) atoms.